The second-order valence-electron chi connectivity index (χ2n) is 7.90. The highest BCUT2D eigenvalue weighted by atomic mass is 16.5. The van der Waals surface area contributed by atoms with Crippen molar-refractivity contribution in [3.63, 3.8) is 0 Å². The largest absolute Gasteiger partial charge is 0.494 e. The number of hydrogen-bond acceptors (Lipinski definition) is 4. The highest BCUT2D eigenvalue weighted by Crippen LogP contribution is 2.36. The van der Waals surface area contributed by atoms with Gasteiger partial charge in [0.2, 0.25) is 0 Å². The minimum Gasteiger partial charge on any atom is -0.494 e. The van der Waals surface area contributed by atoms with Crippen LogP contribution in [0.25, 0.3) is 5.69 Å². The summed E-state index contributed by atoms with van der Waals surface area (Å²) in [5.74, 6) is 0.700. The van der Waals surface area contributed by atoms with E-state index in [1.807, 2.05) is 36.1 Å². The van der Waals surface area contributed by atoms with Gasteiger partial charge in [-0.3, -0.25) is 9.59 Å². The molecule has 0 radical (unpaired) electrons. The maximum absolute atomic E-state index is 13.5. The number of methoxy groups -OCH3 is 1. The first-order valence-electron chi connectivity index (χ1n) is 10.1. The van der Waals surface area contributed by atoms with Crippen LogP contribution in [0.4, 0.5) is 0 Å². The van der Waals surface area contributed by atoms with Gasteiger partial charge in [-0.25, -0.2) is 0 Å². The topological polar surface area (TPSA) is 64.4 Å². The summed E-state index contributed by atoms with van der Waals surface area (Å²) in [7, 11) is 1.48. The van der Waals surface area contributed by atoms with Crippen LogP contribution < -0.4 is 10.3 Å². The molecule has 0 N–H and O–H groups in total. The molecule has 6 nitrogen and oxygen atoms in total. The van der Waals surface area contributed by atoms with E-state index in [-0.39, 0.29) is 29.0 Å². The van der Waals surface area contributed by atoms with Gasteiger partial charge in [-0.05, 0) is 50.7 Å². The number of carbonyl (C=O) groups excluding carboxylic acids is 1. The highest BCUT2D eigenvalue weighted by molar-refractivity contribution is 5.95. The maximum Gasteiger partial charge on any atom is 0.278 e. The van der Waals surface area contributed by atoms with Crippen molar-refractivity contribution in [2.24, 2.45) is 5.92 Å². The third kappa shape index (κ3) is 3.43. The van der Waals surface area contributed by atoms with Gasteiger partial charge in [0.05, 0.1) is 18.9 Å². The van der Waals surface area contributed by atoms with Crippen molar-refractivity contribution in [2.75, 3.05) is 13.7 Å². The van der Waals surface area contributed by atoms with Crippen molar-refractivity contribution in [3.8, 4) is 11.4 Å². The predicted octanol–water partition coefficient (Wildman–Crippen LogP) is 3.34. The molecule has 0 unspecified atom stereocenters. The second kappa shape index (κ2) is 7.78. The Balaban J connectivity index is 1.73. The van der Waals surface area contributed by atoms with Gasteiger partial charge in [-0.2, -0.15) is 9.78 Å². The van der Waals surface area contributed by atoms with Gasteiger partial charge in [0.1, 0.15) is 0 Å². The number of hydrogen-bond donors (Lipinski definition) is 0. The zero-order chi connectivity index (χ0) is 19.7. The number of benzene rings is 1. The summed E-state index contributed by atoms with van der Waals surface area (Å²) < 4.78 is 6.65. The Morgan fingerprint density at radius 1 is 1.11 bits per heavy atom. The van der Waals surface area contributed by atoms with Crippen molar-refractivity contribution >= 4 is 5.91 Å². The molecule has 0 bridgehead atoms. The Bertz CT molecular complexity index is 918. The molecule has 0 spiro atoms. The number of likely N-dealkylation sites (tertiary alicyclic amines) is 1. The van der Waals surface area contributed by atoms with E-state index in [2.05, 4.69) is 5.10 Å². The van der Waals surface area contributed by atoms with E-state index in [0.29, 0.717) is 11.6 Å². The first kappa shape index (κ1) is 18.7. The average Bonchev–Trinajstić information content (AvgIpc) is 2.73. The number of rotatable bonds is 3. The summed E-state index contributed by atoms with van der Waals surface area (Å²) in [6, 6.07) is 9.16. The van der Waals surface area contributed by atoms with E-state index < -0.39 is 0 Å². The van der Waals surface area contributed by atoms with E-state index >= 15 is 0 Å². The summed E-state index contributed by atoms with van der Waals surface area (Å²) >= 11 is 0. The number of fused-ring (bicyclic) bond motifs is 1. The van der Waals surface area contributed by atoms with Crippen LogP contribution in [-0.2, 0) is 0 Å². The second-order valence-corrected chi connectivity index (χ2v) is 7.90. The Morgan fingerprint density at radius 3 is 2.57 bits per heavy atom. The molecular formula is C22H27N3O3. The number of ether oxygens (including phenoxy) is 1. The molecule has 1 aromatic heterocycles. The fraction of sp³-hybridized carbons (Fsp3) is 0.500. The van der Waals surface area contributed by atoms with E-state index in [1.165, 1.54) is 43.5 Å². The van der Waals surface area contributed by atoms with E-state index in [4.69, 9.17) is 4.74 Å². The Morgan fingerprint density at radius 2 is 1.82 bits per heavy atom. The smallest absolute Gasteiger partial charge is 0.278 e. The van der Waals surface area contributed by atoms with E-state index in [0.717, 1.165) is 24.9 Å². The van der Waals surface area contributed by atoms with Gasteiger partial charge < -0.3 is 9.64 Å². The molecule has 2 aromatic rings. The molecule has 1 saturated heterocycles. The lowest BCUT2D eigenvalue weighted by Crippen LogP contribution is -2.50. The molecule has 2 atom stereocenters. The SMILES string of the molecule is COc1cc(=O)n(-c2ccc(C)cc2)nc1C(=O)N1CCC[C@H]2CCCC[C@@H]21. The molecule has 1 aliphatic carbocycles. The summed E-state index contributed by atoms with van der Waals surface area (Å²) in [5, 5.41) is 4.44. The van der Waals surface area contributed by atoms with Crippen LogP contribution in [0, 0.1) is 12.8 Å². The normalized spacial score (nSPS) is 21.9. The summed E-state index contributed by atoms with van der Waals surface area (Å²) in [4.78, 5) is 28.0. The monoisotopic (exact) mass is 381 g/mol. The molecule has 1 aliphatic heterocycles. The molecule has 1 aromatic carbocycles. The van der Waals surface area contributed by atoms with Crippen LogP contribution in [0.1, 0.15) is 54.6 Å². The van der Waals surface area contributed by atoms with Gasteiger partial charge in [0.15, 0.2) is 11.4 Å². The van der Waals surface area contributed by atoms with E-state index in [9.17, 15) is 9.59 Å². The van der Waals surface area contributed by atoms with Crippen LogP contribution in [0.3, 0.4) is 0 Å². The lowest BCUT2D eigenvalue weighted by atomic mass is 9.78. The first-order valence-corrected chi connectivity index (χ1v) is 10.1. The van der Waals surface area contributed by atoms with Gasteiger partial charge in [0, 0.05) is 12.6 Å². The van der Waals surface area contributed by atoms with Crippen molar-refractivity contribution in [2.45, 2.75) is 51.5 Å². The molecule has 1 amide bonds. The van der Waals surface area contributed by atoms with E-state index in [1.54, 1.807) is 0 Å². The third-order valence-corrected chi connectivity index (χ3v) is 6.10. The number of aryl methyl sites for hydroxylation is 1. The first-order chi connectivity index (χ1) is 13.6. The predicted molar refractivity (Wildman–Crippen MR) is 107 cm³/mol. The van der Waals surface area contributed by atoms with Gasteiger partial charge in [-0.1, -0.05) is 30.5 Å². The van der Waals surface area contributed by atoms with Crippen LogP contribution >= 0.6 is 0 Å². The maximum atomic E-state index is 13.5. The van der Waals surface area contributed by atoms with Crippen molar-refractivity contribution in [1.29, 1.82) is 0 Å². The Hall–Kier alpha value is -2.63. The number of amides is 1. The highest BCUT2D eigenvalue weighted by Gasteiger charge is 2.37. The fourth-order valence-electron chi connectivity index (χ4n) is 4.63. The lowest BCUT2D eigenvalue weighted by molar-refractivity contribution is 0.0380. The molecule has 2 aliphatic rings. The van der Waals surface area contributed by atoms with Crippen LogP contribution in [0.2, 0.25) is 0 Å². The molecule has 2 fully saturated rings. The zero-order valence-electron chi connectivity index (χ0n) is 16.6. The van der Waals surface area contributed by atoms with Crippen LogP contribution in [-0.4, -0.2) is 40.3 Å². The molecule has 2 heterocycles. The summed E-state index contributed by atoms with van der Waals surface area (Å²) in [5.41, 5.74) is 1.64. The van der Waals surface area contributed by atoms with Gasteiger partial charge in [-0.15, -0.1) is 0 Å². The average molecular weight is 381 g/mol. The minimum atomic E-state index is -0.313. The zero-order valence-corrected chi connectivity index (χ0v) is 16.6. The molecule has 1 saturated carbocycles. The fourth-order valence-corrected chi connectivity index (χ4v) is 4.63. The standard InChI is InChI=1S/C22H27N3O3/c1-15-9-11-17(12-10-15)25-20(26)14-19(28-2)21(23-25)22(27)24-13-5-7-16-6-3-4-8-18(16)24/h9-12,14,16,18H,3-8,13H2,1-2H3/t16-,18+/m1/s1. The quantitative estimate of drug-likeness (QED) is 0.818. The van der Waals surface area contributed by atoms with Crippen molar-refractivity contribution in [3.05, 3.63) is 51.9 Å². The Kier molecular flexibility index (Phi) is 5.20. The molecular weight excluding hydrogens is 354 g/mol. The summed E-state index contributed by atoms with van der Waals surface area (Å²) in [6.07, 6.45) is 6.88. The minimum absolute atomic E-state index is 0.130. The van der Waals surface area contributed by atoms with Crippen LogP contribution in [0.5, 0.6) is 5.75 Å². The van der Waals surface area contributed by atoms with Crippen molar-refractivity contribution in [1.82, 2.24) is 14.7 Å². The molecule has 148 valence electrons. The number of nitrogens with zero attached hydrogens (tertiary/aromatic N) is 3. The molecule has 28 heavy (non-hydrogen) atoms. The van der Waals surface area contributed by atoms with Gasteiger partial charge in [0.25, 0.3) is 11.5 Å². The molecule has 6 heteroatoms. The number of piperidine rings is 1. The third-order valence-electron chi connectivity index (χ3n) is 6.10. The summed E-state index contributed by atoms with van der Waals surface area (Å²) in [6.45, 7) is 2.73. The van der Waals surface area contributed by atoms with Crippen molar-refractivity contribution < 1.29 is 9.53 Å². The Labute approximate surface area is 165 Å². The lowest BCUT2D eigenvalue weighted by Gasteiger charge is -2.44. The number of carbonyl (C=O) groups is 1. The molecule has 4 rings (SSSR count). The van der Waals surface area contributed by atoms with Gasteiger partial charge >= 0.3 is 0 Å². The number of aromatic nitrogens is 2. The van der Waals surface area contributed by atoms with Crippen LogP contribution in [0.15, 0.2) is 35.1 Å².